The van der Waals surface area contributed by atoms with Crippen molar-refractivity contribution in [3.8, 4) is 11.6 Å². The fourth-order valence-corrected chi connectivity index (χ4v) is 3.81. The van der Waals surface area contributed by atoms with Gasteiger partial charge in [0.25, 0.3) is 0 Å². The van der Waals surface area contributed by atoms with E-state index in [1.165, 1.54) is 0 Å². The van der Waals surface area contributed by atoms with Crippen molar-refractivity contribution in [1.29, 1.82) is 0 Å². The van der Waals surface area contributed by atoms with Gasteiger partial charge in [-0.3, -0.25) is 9.05 Å². The summed E-state index contributed by atoms with van der Waals surface area (Å²) < 4.78 is 16.6. The van der Waals surface area contributed by atoms with Crippen LogP contribution in [0.25, 0.3) is 0 Å². The lowest BCUT2D eigenvalue weighted by Crippen LogP contribution is -2.06. The molecule has 0 saturated carbocycles. The van der Waals surface area contributed by atoms with Crippen molar-refractivity contribution in [3.63, 3.8) is 0 Å². The van der Waals surface area contributed by atoms with Gasteiger partial charge in [-0.05, 0) is 32.9 Å². The Bertz CT molecular complexity index is 704. The Balaban J connectivity index is 0.000000401. The number of hydrogen-bond acceptors (Lipinski definition) is 7. The Morgan fingerprint density at radius 1 is 1.08 bits per heavy atom. The smallest absolute Gasteiger partial charge is 0.381 e. The third-order valence-electron chi connectivity index (χ3n) is 2.90. The van der Waals surface area contributed by atoms with Crippen LogP contribution in [-0.2, 0) is 20.9 Å². The zero-order chi connectivity index (χ0) is 19.6. The van der Waals surface area contributed by atoms with E-state index in [-0.39, 0.29) is 5.92 Å². The third-order valence-corrected chi connectivity index (χ3v) is 5.32. The lowest BCUT2D eigenvalue weighted by atomic mass is 10.2. The van der Waals surface area contributed by atoms with Crippen molar-refractivity contribution < 1.29 is 18.7 Å². The molecule has 0 aliphatic carbocycles. The first-order valence-corrected chi connectivity index (χ1v) is 11.0. The molecule has 1 N–H and O–H groups in total. The van der Waals surface area contributed by atoms with E-state index >= 15 is 0 Å². The summed E-state index contributed by atoms with van der Waals surface area (Å²) in [5.74, 6) is 1.69. The van der Waals surface area contributed by atoms with Crippen molar-refractivity contribution in [2.24, 2.45) is 0 Å². The van der Waals surface area contributed by atoms with Gasteiger partial charge in [-0.25, -0.2) is 4.98 Å². The van der Waals surface area contributed by atoms with Gasteiger partial charge in [0, 0.05) is 29.5 Å². The Morgan fingerprint density at radius 2 is 1.65 bits per heavy atom. The Hall–Kier alpha value is -1.53. The first kappa shape index (κ1) is 22.5. The monoisotopic (exact) mass is 398 g/mol. The summed E-state index contributed by atoms with van der Waals surface area (Å²) in [5.41, 5.74) is 0.836. The summed E-state index contributed by atoms with van der Waals surface area (Å²) in [5, 5.41) is 8.63. The molecule has 0 aliphatic rings. The minimum Gasteiger partial charge on any atom is -0.508 e. The first-order chi connectivity index (χ1) is 12.3. The van der Waals surface area contributed by atoms with Crippen LogP contribution < -0.4 is 4.52 Å². The van der Waals surface area contributed by atoms with E-state index in [1.807, 2.05) is 40.7 Å². The Kier molecular flexibility index (Phi) is 9.73. The molecule has 0 radical (unpaired) electrons. The number of aromatic hydroxyl groups is 1. The van der Waals surface area contributed by atoms with Gasteiger partial charge in [0.15, 0.2) is 0 Å². The predicted octanol–water partition coefficient (Wildman–Crippen LogP) is 4.98. The fourth-order valence-electron chi connectivity index (χ4n) is 1.82. The van der Waals surface area contributed by atoms with Crippen molar-refractivity contribution in [2.45, 2.75) is 40.5 Å². The molecule has 8 heteroatoms. The summed E-state index contributed by atoms with van der Waals surface area (Å²) in [6, 6.07) is 10.5. The van der Waals surface area contributed by atoms with E-state index in [0.29, 0.717) is 24.8 Å². The van der Waals surface area contributed by atoms with Crippen LogP contribution in [0.15, 0.2) is 36.4 Å². The lowest BCUT2D eigenvalue weighted by molar-refractivity contribution is 0.215. The molecule has 6 nitrogen and oxygen atoms in total. The second-order valence-electron chi connectivity index (χ2n) is 5.57. The van der Waals surface area contributed by atoms with Gasteiger partial charge in [-0.2, -0.15) is 4.98 Å². The molecule has 2 rings (SSSR count). The maximum atomic E-state index is 8.63. The average Bonchev–Trinajstić information content (AvgIpc) is 2.55. The fraction of sp³-hybridized carbons (Fsp3) is 0.444. The van der Waals surface area contributed by atoms with E-state index in [1.54, 1.807) is 30.3 Å². The molecule has 0 bridgehead atoms. The van der Waals surface area contributed by atoms with E-state index in [4.69, 9.17) is 30.5 Å². The molecule has 0 amide bonds. The summed E-state index contributed by atoms with van der Waals surface area (Å²) in [6.07, 6.45) is 0. The molecule has 0 atom stereocenters. The highest BCUT2D eigenvalue weighted by molar-refractivity contribution is 8.07. The van der Waals surface area contributed by atoms with Crippen molar-refractivity contribution in [1.82, 2.24) is 9.97 Å². The van der Waals surface area contributed by atoms with E-state index < -0.39 is 6.72 Å². The largest absolute Gasteiger partial charge is 0.508 e. The summed E-state index contributed by atoms with van der Waals surface area (Å²) in [4.78, 5) is 8.71. The molecule has 144 valence electrons. The Morgan fingerprint density at radius 3 is 2.08 bits per heavy atom. The van der Waals surface area contributed by atoms with Crippen LogP contribution in [0.1, 0.15) is 45.1 Å². The summed E-state index contributed by atoms with van der Waals surface area (Å²) >= 11 is 5.32. The topological polar surface area (TPSA) is 73.7 Å². The second kappa shape index (κ2) is 11.2. The second-order valence-corrected chi connectivity index (χ2v) is 8.51. The van der Waals surface area contributed by atoms with Gasteiger partial charge in [0.1, 0.15) is 11.6 Å². The lowest BCUT2D eigenvalue weighted by Gasteiger charge is -2.20. The number of para-hydroxylation sites is 1. The van der Waals surface area contributed by atoms with Gasteiger partial charge in [-0.1, -0.05) is 32.0 Å². The highest BCUT2D eigenvalue weighted by Crippen LogP contribution is 2.49. The molecule has 2 aromatic rings. The van der Waals surface area contributed by atoms with E-state index in [2.05, 4.69) is 9.97 Å². The zero-order valence-electron chi connectivity index (χ0n) is 15.9. The van der Waals surface area contributed by atoms with Gasteiger partial charge >= 0.3 is 6.72 Å². The molecule has 1 aromatic heterocycles. The molecule has 0 aliphatic heterocycles. The van der Waals surface area contributed by atoms with Crippen LogP contribution in [0.4, 0.5) is 0 Å². The normalized spacial score (nSPS) is 11.0. The Labute approximate surface area is 160 Å². The van der Waals surface area contributed by atoms with Crippen LogP contribution in [-0.4, -0.2) is 28.3 Å². The summed E-state index contributed by atoms with van der Waals surface area (Å²) in [7, 11) is 0. The van der Waals surface area contributed by atoms with Gasteiger partial charge in [-0.15, -0.1) is 0 Å². The standard InChI is InChI=1S/C12H21N2O3PS.C6H6O/c1-6-15-18(19,16-7-2)17-11-8-10(5)13-12(14-11)9(3)4;7-6-4-2-1-3-5-6/h8-9H,6-7H2,1-5H3;1-5,7H. The van der Waals surface area contributed by atoms with Gasteiger partial charge in [0.2, 0.25) is 5.88 Å². The number of rotatable bonds is 7. The number of aryl methyl sites for hydroxylation is 1. The minimum absolute atomic E-state index is 0.222. The molecule has 1 heterocycles. The van der Waals surface area contributed by atoms with Crippen LogP contribution >= 0.6 is 6.72 Å². The maximum Gasteiger partial charge on any atom is 0.381 e. The molecule has 0 saturated heterocycles. The minimum atomic E-state index is -2.77. The molecular weight excluding hydrogens is 371 g/mol. The molecule has 0 fully saturated rings. The van der Waals surface area contributed by atoms with Crippen molar-refractivity contribution >= 4 is 18.5 Å². The summed E-state index contributed by atoms with van der Waals surface area (Å²) in [6.45, 7) is 7.78. The number of phenolic OH excluding ortho intramolecular Hbond substituents is 1. The maximum absolute atomic E-state index is 8.63. The number of phenols is 1. The van der Waals surface area contributed by atoms with E-state index in [0.717, 1.165) is 11.5 Å². The highest BCUT2D eigenvalue weighted by atomic mass is 32.5. The number of benzene rings is 1. The zero-order valence-corrected chi connectivity index (χ0v) is 17.6. The van der Waals surface area contributed by atoms with E-state index in [9.17, 15) is 0 Å². The van der Waals surface area contributed by atoms with Crippen LogP contribution in [0.5, 0.6) is 11.6 Å². The van der Waals surface area contributed by atoms with Crippen LogP contribution in [0.3, 0.4) is 0 Å². The third kappa shape index (κ3) is 8.23. The number of nitrogens with zero attached hydrogens (tertiary/aromatic N) is 2. The van der Waals surface area contributed by atoms with Crippen LogP contribution in [0, 0.1) is 6.92 Å². The highest BCUT2D eigenvalue weighted by Gasteiger charge is 2.22. The molecule has 0 unspecified atom stereocenters. The number of hydrogen-bond donors (Lipinski definition) is 1. The number of aromatic nitrogens is 2. The van der Waals surface area contributed by atoms with Crippen LogP contribution in [0.2, 0.25) is 0 Å². The first-order valence-electron chi connectivity index (χ1n) is 8.48. The SMILES string of the molecule is CCOP(=S)(OCC)Oc1cc(C)nc(C(C)C)n1.Oc1ccccc1. The molecule has 0 spiro atoms. The van der Waals surface area contributed by atoms with Gasteiger partial charge in [0.05, 0.1) is 13.2 Å². The van der Waals surface area contributed by atoms with Crippen molar-refractivity contribution in [3.05, 3.63) is 47.9 Å². The van der Waals surface area contributed by atoms with Crippen molar-refractivity contribution in [2.75, 3.05) is 13.2 Å². The molecular formula is C18H27N2O4PS. The molecule has 1 aromatic carbocycles. The molecule has 26 heavy (non-hydrogen) atoms. The van der Waals surface area contributed by atoms with Gasteiger partial charge < -0.3 is 9.63 Å². The quantitative estimate of drug-likeness (QED) is 0.660. The average molecular weight is 398 g/mol. The predicted molar refractivity (Wildman–Crippen MR) is 107 cm³/mol.